The summed E-state index contributed by atoms with van der Waals surface area (Å²) in [5.74, 6) is 2.83. The smallest absolute Gasteiger partial charge is 0.233 e. The Morgan fingerprint density at radius 1 is 1.25 bits per heavy atom. The van der Waals surface area contributed by atoms with Crippen LogP contribution < -0.4 is 10.1 Å². The average Bonchev–Trinajstić information content (AvgIpc) is 3.05. The maximum Gasteiger partial charge on any atom is 0.233 e. The molecule has 1 aliphatic rings. The highest BCUT2D eigenvalue weighted by Gasteiger charge is 2.30. The minimum atomic E-state index is -0.226. The van der Waals surface area contributed by atoms with E-state index in [9.17, 15) is 4.79 Å². The van der Waals surface area contributed by atoms with Crippen molar-refractivity contribution in [2.24, 2.45) is 18.9 Å². The Bertz CT molecular complexity index is 805. The molecule has 0 radical (unpaired) electrons. The number of benzene rings is 1. The van der Waals surface area contributed by atoms with E-state index in [1.807, 2.05) is 42.8 Å². The number of hydrogen-bond acceptors (Lipinski definition) is 5. The summed E-state index contributed by atoms with van der Waals surface area (Å²) in [6.45, 7) is 6.45. The summed E-state index contributed by atoms with van der Waals surface area (Å²) < 4.78 is 7.14. The molecule has 4 atom stereocenters. The molecule has 0 spiro atoms. The van der Waals surface area contributed by atoms with E-state index in [1.165, 1.54) is 24.6 Å². The number of aromatic nitrogens is 3. The Hall–Kier alpha value is -2.02. The molecule has 0 bridgehead atoms. The second kappa shape index (κ2) is 8.99. The summed E-state index contributed by atoms with van der Waals surface area (Å²) in [6.07, 6.45) is 3.51. The minimum Gasteiger partial charge on any atom is -0.497 e. The lowest BCUT2D eigenvalue weighted by Gasteiger charge is -2.35. The zero-order chi connectivity index (χ0) is 20.3. The summed E-state index contributed by atoms with van der Waals surface area (Å²) in [5, 5.41) is 12.4. The lowest BCUT2D eigenvalue weighted by Crippen LogP contribution is -2.46. The third-order valence-corrected chi connectivity index (χ3v) is 7.00. The maximum absolute atomic E-state index is 12.7. The molecule has 6 nitrogen and oxygen atoms in total. The summed E-state index contributed by atoms with van der Waals surface area (Å²) in [5.41, 5.74) is 0.963. The second-order valence-electron chi connectivity index (χ2n) is 7.74. The number of carbonyl (C=O) groups is 1. The molecule has 1 fully saturated rings. The first-order chi connectivity index (χ1) is 13.4. The summed E-state index contributed by atoms with van der Waals surface area (Å²) in [7, 11) is 3.57. The van der Waals surface area contributed by atoms with Gasteiger partial charge in [0, 0.05) is 18.7 Å². The molecule has 7 heteroatoms. The van der Waals surface area contributed by atoms with Crippen molar-refractivity contribution in [3.05, 3.63) is 24.3 Å². The molecule has 1 heterocycles. The monoisotopic (exact) mass is 402 g/mol. The fraction of sp³-hybridized carbons (Fsp3) is 0.571. The van der Waals surface area contributed by atoms with Gasteiger partial charge in [-0.05, 0) is 49.4 Å². The third-order valence-electron chi connectivity index (χ3n) is 5.87. The molecule has 1 aromatic heterocycles. The number of ether oxygens (including phenoxy) is 1. The Morgan fingerprint density at radius 2 is 1.96 bits per heavy atom. The van der Waals surface area contributed by atoms with Gasteiger partial charge in [-0.15, -0.1) is 10.2 Å². The summed E-state index contributed by atoms with van der Waals surface area (Å²) in [6, 6.07) is 7.99. The fourth-order valence-corrected chi connectivity index (χ4v) is 4.53. The van der Waals surface area contributed by atoms with Gasteiger partial charge in [-0.25, -0.2) is 0 Å². The first-order valence-corrected chi connectivity index (χ1v) is 10.8. The summed E-state index contributed by atoms with van der Waals surface area (Å²) >= 11 is 1.44. The van der Waals surface area contributed by atoms with E-state index in [1.54, 1.807) is 7.11 Å². The predicted molar refractivity (Wildman–Crippen MR) is 112 cm³/mol. The molecule has 1 aromatic carbocycles. The zero-order valence-electron chi connectivity index (χ0n) is 17.3. The number of thioether (sulfide) groups is 1. The first kappa shape index (κ1) is 20.7. The van der Waals surface area contributed by atoms with E-state index >= 15 is 0 Å². The van der Waals surface area contributed by atoms with Crippen LogP contribution in [-0.2, 0) is 11.8 Å². The van der Waals surface area contributed by atoms with Crippen LogP contribution in [0.1, 0.15) is 40.0 Å². The van der Waals surface area contributed by atoms with Gasteiger partial charge in [0.2, 0.25) is 5.91 Å². The molecule has 0 saturated heterocycles. The van der Waals surface area contributed by atoms with E-state index < -0.39 is 0 Å². The van der Waals surface area contributed by atoms with Gasteiger partial charge in [-0.2, -0.15) is 0 Å². The molecule has 2 aromatic rings. The highest BCUT2D eigenvalue weighted by Crippen LogP contribution is 2.31. The van der Waals surface area contributed by atoms with Crippen LogP contribution in [0.25, 0.3) is 11.4 Å². The van der Waals surface area contributed by atoms with E-state index in [0.29, 0.717) is 11.8 Å². The van der Waals surface area contributed by atoms with Crippen LogP contribution in [0.3, 0.4) is 0 Å². The van der Waals surface area contributed by atoms with Gasteiger partial charge in [0.05, 0.1) is 12.4 Å². The van der Waals surface area contributed by atoms with Crippen molar-refractivity contribution in [3.63, 3.8) is 0 Å². The Labute approximate surface area is 171 Å². The Kier molecular flexibility index (Phi) is 6.65. The van der Waals surface area contributed by atoms with Gasteiger partial charge >= 0.3 is 0 Å². The van der Waals surface area contributed by atoms with Gasteiger partial charge in [-0.1, -0.05) is 38.5 Å². The topological polar surface area (TPSA) is 69.0 Å². The zero-order valence-corrected chi connectivity index (χ0v) is 18.1. The van der Waals surface area contributed by atoms with Gasteiger partial charge in [0.15, 0.2) is 11.0 Å². The molecule has 1 saturated carbocycles. The molecule has 1 N–H and O–H groups in total. The number of nitrogens with one attached hydrogen (secondary N) is 1. The molecular formula is C21H30N4O2S. The van der Waals surface area contributed by atoms with Crippen LogP contribution in [0.4, 0.5) is 0 Å². The number of carbonyl (C=O) groups excluding carboxylic acids is 1. The van der Waals surface area contributed by atoms with Crippen LogP contribution in [0.2, 0.25) is 0 Å². The Morgan fingerprint density at radius 3 is 2.64 bits per heavy atom. The largest absolute Gasteiger partial charge is 0.497 e. The van der Waals surface area contributed by atoms with Crippen molar-refractivity contribution in [1.82, 2.24) is 20.1 Å². The summed E-state index contributed by atoms with van der Waals surface area (Å²) in [4.78, 5) is 12.7. The highest BCUT2D eigenvalue weighted by atomic mass is 32.2. The van der Waals surface area contributed by atoms with Gasteiger partial charge < -0.3 is 14.6 Å². The van der Waals surface area contributed by atoms with E-state index in [-0.39, 0.29) is 17.2 Å². The van der Waals surface area contributed by atoms with Gasteiger partial charge in [-0.3, -0.25) is 4.79 Å². The van der Waals surface area contributed by atoms with Crippen LogP contribution in [-0.4, -0.2) is 39.1 Å². The lowest BCUT2D eigenvalue weighted by atomic mass is 9.78. The van der Waals surface area contributed by atoms with Crippen molar-refractivity contribution < 1.29 is 9.53 Å². The van der Waals surface area contributed by atoms with Crippen LogP contribution in [0.5, 0.6) is 5.75 Å². The van der Waals surface area contributed by atoms with Crippen LogP contribution in [0.15, 0.2) is 29.4 Å². The Balaban J connectivity index is 1.64. The number of rotatable bonds is 6. The minimum absolute atomic E-state index is 0.0740. The van der Waals surface area contributed by atoms with E-state index in [0.717, 1.165) is 28.7 Å². The van der Waals surface area contributed by atoms with E-state index in [2.05, 4.69) is 29.4 Å². The second-order valence-corrected chi connectivity index (χ2v) is 9.04. The molecule has 28 heavy (non-hydrogen) atoms. The average molecular weight is 403 g/mol. The van der Waals surface area contributed by atoms with Crippen molar-refractivity contribution in [2.75, 3.05) is 7.11 Å². The van der Waals surface area contributed by atoms with Crippen molar-refractivity contribution in [3.8, 4) is 17.1 Å². The number of amides is 1. The fourth-order valence-electron chi connectivity index (χ4n) is 3.71. The highest BCUT2D eigenvalue weighted by molar-refractivity contribution is 8.00. The quantitative estimate of drug-likeness (QED) is 0.742. The SMILES string of the molecule is COc1ccc(-c2nnc(S[C@H](C)C(=O)N[C@@H]3CCC[C@H](C)[C@H]3C)n2C)cc1. The van der Waals surface area contributed by atoms with Gasteiger partial charge in [0.1, 0.15) is 5.75 Å². The molecule has 152 valence electrons. The first-order valence-electron chi connectivity index (χ1n) is 9.91. The molecule has 1 amide bonds. The third kappa shape index (κ3) is 4.51. The molecule has 3 rings (SSSR count). The molecule has 0 unspecified atom stereocenters. The van der Waals surface area contributed by atoms with E-state index in [4.69, 9.17) is 4.74 Å². The van der Waals surface area contributed by atoms with Crippen LogP contribution in [0, 0.1) is 11.8 Å². The normalized spacial score (nSPS) is 23.2. The van der Waals surface area contributed by atoms with Crippen molar-refractivity contribution >= 4 is 17.7 Å². The standard InChI is InChI=1S/C21H30N4O2S/c1-13-7-6-8-18(14(13)2)22-20(26)15(3)28-21-24-23-19(25(21)4)16-9-11-17(27-5)12-10-16/h9-15,18H,6-8H2,1-5H3,(H,22,26)/t13-,14+,15+,18+/m0/s1. The number of methoxy groups -OCH3 is 1. The molecule has 0 aliphatic heterocycles. The van der Waals surface area contributed by atoms with Crippen LogP contribution >= 0.6 is 11.8 Å². The number of nitrogens with zero attached hydrogens (tertiary/aromatic N) is 3. The van der Waals surface area contributed by atoms with Gasteiger partial charge in [0.25, 0.3) is 0 Å². The van der Waals surface area contributed by atoms with Crippen molar-refractivity contribution in [2.45, 2.75) is 56.5 Å². The molecule has 1 aliphatic carbocycles. The number of hydrogen-bond donors (Lipinski definition) is 1. The lowest BCUT2D eigenvalue weighted by molar-refractivity contribution is -0.121. The molecular weight excluding hydrogens is 372 g/mol. The maximum atomic E-state index is 12.7. The predicted octanol–water partition coefficient (Wildman–Crippen LogP) is 3.91. The van der Waals surface area contributed by atoms with Crippen molar-refractivity contribution in [1.29, 1.82) is 0 Å².